The first-order chi connectivity index (χ1) is 7.70. The maximum Gasteiger partial charge on any atom is 0.123 e. The van der Waals surface area contributed by atoms with E-state index in [0.717, 1.165) is 15.4 Å². The molecule has 1 heterocycles. The summed E-state index contributed by atoms with van der Waals surface area (Å²) in [4.78, 5) is 7.55. The zero-order valence-corrected chi connectivity index (χ0v) is 11.5. The average molecular weight is 270 g/mol. The molecule has 2 N–H and O–H groups in total. The van der Waals surface area contributed by atoms with Crippen LogP contribution in [0.25, 0.3) is 10.6 Å². The molecule has 0 fully saturated rings. The van der Waals surface area contributed by atoms with Crippen LogP contribution >= 0.6 is 23.7 Å². The fourth-order valence-corrected chi connectivity index (χ4v) is 2.23. The van der Waals surface area contributed by atoms with Crippen LogP contribution in [0.3, 0.4) is 0 Å². The van der Waals surface area contributed by atoms with Crippen molar-refractivity contribution in [2.45, 2.75) is 6.54 Å². The van der Waals surface area contributed by atoms with Crippen molar-refractivity contribution in [2.24, 2.45) is 5.73 Å². The minimum absolute atomic E-state index is 0. The van der Waals surface area contributed by atoms with E-state index in [9.17, 15) is 0 Å². The summed E-state index contributed by atoms with van der Waals surface area (Å²) in [5.41, 5.74) is 7.91. The van der Waals surface area contributed by atoms with Crippen molar-refractivity contribution in [1.29, 1.82) is 0 Å². The van der Waals surface area contributed by atoms with E-state index in [-0.39, 0.29) is 12.4 Å². The van der Waals surface area contributed by atoms with E-state index in [1.54, 1.807) is 11.3 Å². The van der Waals surface area contributed by atoms with E-state index in [1.165, 1.54) is 5.69 Å². The molecule has 0 spiro atoms. The van der Waals surface area contributed by atoms with Gasteiger partial charge in [0, 0.05) is 43.0 Å². The summed E-state index contributed by atoms with van der Waals surface area (Å²) < 4.78 is 0. The molecule has 3 nitrogen and oxygen atoms in total. The first kappa shape index (κ1) is 14.0. The van der Waals surface area contributed by atoms with Crippen LogP contribution in [0.4, 0.5) is 5.69 Å². The van der Waals surface area contributed by atoms with Gasteiger partial charge in [-0.25, -0.2) is 4.98 Å². The maximum atomic E-state index is 5.57. The third kappa shape index (κ3) is 3.19. The standard InChI is InChI=1S/C12H15N3S.ClH/c1-15(2)10-5-3-9(4-6-10)12-14-8-11(7-13)16-12;/h3-6,8H,7,13H2,1-2H3;1H. The van der Waals surface area contributed by atoms with Gasteiger partial charge in [-0.15, -0.1) is 23.7 Å². The Kier molecular flexibility index (Phi) is 4.93. The number of nitrogens with two attached hydrogens (primary N) is 1. The third-order valence-corrected chi connectivity index (χ3v) is 3.45. The van der Waals surface area contributed by atoms with Crippen LogP contribution in [-0.2, 0) is 6.54 Å². The summed E-state index contributed by atoms with van der Waals surface area (Å²) in [7, 11) is 4.07. The predicted molar refractivity (Wildman–Crippen MR) is 77.0 cm³/mol. The number of rotatable bonds is 3. The Morgan fingerprint density at radius 2 is 1.88 bits per heavy atom. The lowest BCUT2D eigenvalue weighted by atomic mass is 10.2. The second-order valence-corrected chi connectivity index (χ2v) is 4.89. The SMILES string of the molecule is CN(C)c1ccc(-c2ncc(CN)s2)cc1.Cl. The van der Waals surface area contributed by atoms with Gasteiger partial charge in [0.25, 0.3) is 0 Å². The molecule has 1 aromatic heterocycles. The fourth-order valence-electron chi connectivity index (χ4n) is 1.44. The quantitative estimate of drug-likeness (QED) is 0.932. The van der Waals surface area contributed by atoms with Crippen LogP contribution in [0.2, 0.25) is 0 Å². The summed E-state index contributed by atoms with van der Waals surface area (Å²) >= 11 is 1.65. The van der Waals surface area contributed by atoms with Crippen LogP contribution in [0.5, 0.6) is 0 Å². The predicted octanol–water partition coefficient (Wildman–Crippen LogP) is 2.76. The lowest BCUT2D eigenvalue weighted by Gasteiger charge is -2.11. The Balaban J connectivity index is 0.00000144. The van der Waals surface area contributed by atoms with Crippen LogP contribution < -0.4 is 10.6 Å². The summed E-state index contributed by atoms with van der Waals surface area (Å²) in [6.07, 6.45) is 1.85. The van der Waals surface area contributed by atoms with Gasteiger partial charge in [-0.3, -0.25) is 0 Å². The zero-order valence-electron chi connectivity index (χ0n) is 9.88. The largest absolute Gasteiger partial charge is 0.378 e. The minimum atomic E-state index is 0. The van der Waals surface area contributed by atoms with Crippen molar-refractivity contribution in [3.05, 3.63) is 35.3 Å². The van der Waals surface area contributed by atoms with E-state index in [1.807, 2.05) is 20.3 Å². The third-order valence-electron chi connectivity index (χ3n) is 2.39. The maximum absolute atomic E-state index is 5.57. The Morgan fingerprint density at radius 3 is 2.35 bits per heavy atom. The van der Waals surface area contributed by atoms with Crippen LogP contribution in [0.15, 0.2) is 30.5 Å². The second-order valence-electron chi connectivity index (χ2n) is 3.78. The first-order valence-corrected chi connectivity index (χ1v) is 5.95. The second kappa shape index (κ2) is 6.00. The van der Waals surface area contributed by atoms with Gasteiger partial charge in [0.1, 0.15) is 5.01 Å². The van der Waals surface area contributed by atoms with Gasteiger partial charge in [0.2, 0.25) is 0 Å². The van der Waals surface area contributed by atoms with Crippen molar-refractivity contribution in [3.8, 4) is 10.6 Å². The van der Waals surface area contributed by atoms with Gasteiger partial charge in [-0.05, 0) is 24.3 Å². The first-order valence-electron chi connectivity index (χ1n) is 5.13. The van der Waals surface area contributed by atoms with E-state index < -0.39 is 0 Å². The lowest BCUT2D eigenvalue weighted by molar-refractivity contribution is 1.10. The summed E-state index contributed by atoms with van der Waals surface area (Å²) in [5.74, 6) is 0. The van der Waals surface area contributed by atoms with Crippen LogP contribution in [0.1, 0.15) is 4.88 Å². The minimum Gasteiger partial charge on any atom is -0.378 e. The summed E-state index contributed by atoms with van der Waals surface area (Å²) in [5, 5.41) is 1.03. The van der Waals surface area contributed by atoms with Crippen LogP contribution in [0, 0.1) is 0 Å². The highest BCUT2D eigenvalue weighted by molar-refractivity contribution is 7.15. The van der Waals surface area contributed by atoms with E-state index in [4.69, 9.17) is 5.73 Å². The lowest BCUT2D eigenvalue weighted by Crippen LogP contribution is -2.07. The van der Waals surface area contributed by atoms with Gasteiger partial charge in [-0.2, -0.15) is 0 Å². The molecule has 0 atom stereocenters. The molecule has 0 aliphatic rings. The molecule has 0 amide bonds. The molecule has 0 aliphatic heterocycles. The highest BCUT2D eigenvalue weighted by atomic mass is 35.5. The van der Waals surface area contributed by atoms with E-state index >= 15 is 0 Å². The molecule has 1 aromatic carbocycles. The Labute approximate surface area is 112 Å². The summed E-state index contributed by atoms with van der Waals surface area (Å²) in [6.45, 7) is 0.563. The summed E-state index contributed by atoms with van der Waals surface area (Å²) in [6, 6.07) is 8.38. The van der Waals surface area contributed by atoms with Crippen molar-refractivity contribution in [3.63, 3.8) is 0 Å². The van der Waals surface area contributed by atoms with Gasteiger partial charge in [0.05, 0.1) is 0 Å². The monoisotopic (exact) mass is 269 g/mol. The molecule has 0 saturated heterocycles. The number of hydrogen-bond donors (Lipinski definition) is 1. The molecule has 92 valence electrons. The number of halogens is 1. The van der Waals surface area contributed by atoms with Gasteiger partial charge in [-0.1, -0.05) is 0 Å². The number of aromatic nitrogens is 1. The van der Waals surface area contributed by atoms with E-state index in [2.05, 4.69) is 34.1 Å². The zero-order chi connectivity index (χ0) is 11.5. The fraction of sp³-hybridized carbons (Fsp3) is 0.250. The number of anilines is 1. The number of benzene rings is 1. The average Bonchev–Trinajstić information content (AvgIpc) is 2.77. The normalized spacial score (nSPS) is 9.82. The molecule has 17 heavy (non-hydrogen) atoms. The van der Waals surface area contributed by atoms with Gasteiger partial charge in [0.15, 0.2) is 0 Å². The highest BCUT2D eigenvalue weighted by Crippen LogP contribution is 2.26. The molecule has 0 radical (unpaired) electrons. The van der Waals surface area contributed by atoms with E-state index in [0.29, 0.717) is 6.54 Å². The number of nitrogens with zero attached hydrogens (tertiary/aromatic N) is 2. The van der Waals surface area contributed by atoms with Crippen molar-refractivity contribution >= 4 is 29.4 Å². The topological polar surface area (TPSA) is 42.2 Å². The van der Waals surface area contributed by atoms with Gasteiger partial charge < -0.3 is 10.6 Å². The van der Waals surface area contributed by atoms with Crippen molar-refractivity contribution in [2.75, 3.05) is 19.0 Å². The molecule has 5 heteroatoms. The van der Waals surface area contributed by atoms with Crippen molar-refractivity contribution < 1.29 is 0 Å². The molecule has 0 unspecified atom stereocenters. The molecule has 0 aliphatic carbocycles. The molecule has 2 rings (SSSR count). The van der Waals surface area contributed by atoms with Crippen molar-refractivity contribution in [1.82, 2.24) is 4.98 Å². The Hall–Kier alpha value is -1.10. The number of hydrogen-bond acceptors (Lipinski definition) is 4. The van der Waals surface area contributed by atoms with Gasteiger partial charge >= 0.3 is 0 Å². The Morgan fingerprint density at radius 1 is 1.24 bits per heavy atom. The molecule has 0 saturated carbocycles. The smallest absolute Gasteiger partial charge is 0.123 e. The molecule has 0 bridgehead atoms. The molecular formula is C12H16ClN3S. The highest BCUT2D eigenvalue weighted by Gasteiger charge is 2.04. The molecular weight excluding hydrogens is 254 g/mol. The Bertz CT molecular complexity index is 465. The van der Waals surface area contributed by atoms with Crippen LogP contribution in [-0.4, -0.2) is 19.1 Å². The number of thiazole rings is 1. The molecule has 2 aromatic rings.